The predicted molar refractivity (Wildman–Crippen MR) is 52.4 cm³/mol. The van der Waals surface area contributed by atoms with E-state index in [1.807, 2.05) is 18.2 Å². The van der Waals surface area contributed by atoms with Crippen LogP contribution in [0.3, 0.4) is 0 Å². The molecule has 0 aromatic heterocycles. The van der Waals surface area contributed by atoms with Crippen molar-refractivity contribution in [1.82, 2.24) is 0 Å². The van der Waals surface area contributed by atoms with Gasteiger partial charge >= 0.3 is 0 Å². The number of rotatable bonds is 2. The molecule has 0 aliphatic heterocycles. The van der Waals surface area contributed by atoms with E-state index in [4.69, 9.17) is 5.73 Å². The molecule has 1 aliphatic rings. The van der Waals surface area contributed by atoms with Crippen LogP contribution in [0.1, 0.15) is 18.4 Å². The fourth-order valence-corrected chi connectivity index (χ4v) is 2.15. The van der Waals surface area contributed by atoms with Crippen LogP contribution in [0.4, 0.5) is 0 Å². The lowest BCUT2D eigenvalue weighted by Crippen LogP contribution is -2.49. The molecule has 1 fully saturated rings. The van der Waals surface area contributed by atoms with Crippen LogP contribution in [0.5, 0.6) is 0 Å². The first-order valence-corrected chi connectivity index (χ1v) is 4.70. The summed E-state index contributed by atoms with van der Waals surface area (Å²) < 4.78 is 0. The van der Waals surface area contributed by atoms with E-state index < -0.39 is 0 Å². The first-order valence-electron chi connectivity index (χ1n) is 4.70. The molecule has 0 radical (unpaired) electrons. The van der Waals surface area contributed by atoms with Crippen molar-refractivity contribution in [1.29, 1.82) is 0 Å². The average Bonchev–Trinajstić information content (AvgIpc) is 2.14. The summed E-state index contributed by atoms with van der Waals surface area (Å²) in [6.07, 6.45) is 1.48. The second kappa shape index (κ2) is 3.13. The van der Waals surface area contributed by atoms with Crippen molar-refractivity contribution >= 4 is 0 Å². The Kier molecular flexibility index (Phi) is 2.10. The predicted octanol–water partition coefficient (Wildman–Crippen LogP) is 1.04. The van der Waals surface area contributed by atoms with Gasteiger partial charge in [0.1, 0.15) is 0 Å². The normalized spacial score (nSPS) is 32.6. The fourth-order valence-electron chi connectivity index (χ4n) is 2.15. The quantitative estimate of drug-likeness (QED) is 0.709. The van der Waals surface area contributed by atoms with Gasteiger partial charge < -0.3 is 10.8 Å². The molecule has 70 valence electrons. The van der Waals surface area contributed by atoms with Gasteiger partial charge in [0.2, 0.25) is 0 Å². The van der Waals surface area contributed by atoms with Crippen molar-refractivity contribution < 1.29 is 5.11 Å². The van der Waals surface area contributed by atoms with E-state index >= 15 is 0 Å². The highest BCUT2D eigenvalue weighted by atomic mass is 16.3. The molecule has 0 saturated heterocycles. The number of nitrogens with two attached hydrogens (primary N) is 1. The maximum absolute atomic E-state index is 9.32. The zero-order valence-corrected chi connectivity index (χ0v) is 7.61. The molecule has 0 spiro atoms. The van der Waals surface area contributed by atoms with Gasteiger partial charge in [-0.3, -0.25) is 0 Å². The summed E-state index contributed by atoms with van der Waals surface area (Å²) in [5.74, 6) is 0. The Labute approximate surface area is 78.4 Å². The van der Waals surface area contributed by atoms with Crippen LogP contribution >= 0.6 is 0 Å². The van der Waals surface area contributed by atoms with Crippen LogP contribution in [-0.2, 0) is 5.41 Å². The fraction of sp³-hybridized carbons (Fsp3) is 0.455. The third kappa shape index (κ3) is 1.36. The van der Waals surface area contributed by atoms with Gasteiger partial charge in [-0.25, -0.2) is 0 Å². The van der Waals surface area contributed by atoms with E-state index in [0.29, 0.717) is 6.54 Å². The number of benzene rings is 1. The minimum absolute atomic E-state index is 0.0562. The van der Waals surface area contributed by atoms with Crippen molar-refractivity contribution in [3.05, 3.63) is 35.9 Å². The highest BCUT2D eigenvalue weighted by Crippen LogP contribution is 2.42. The van der Waals surface area contributed by atoms with Gasteiger partial charge in [-0.15, -0.1) is 0 Å². The van der Waals surface area contributed by atoms with Gasteiger partial charge in [0, 0.05) is 12.0 Å². The number of hydrogen-bond donors (Lipinski definition) is 2. The van der Waals surface area contributed by atoms with Crippen molar-refractivity contribution in [2.24, 2.45) is 5.73 Å². The molecule has 1 aliphatic carbocycles. The molecule has 0 atom stereocenters. The average molecular weight is 177 g/mol. The van der Waals surface area contributed by atoms with E-state index in [2.05, 4.69) is 12.1 Å². The Bertz CT molecular complexity index is 277. The molecule has 2 heteroatoms. The number of aliphatic hydroxyl groups is 1. The smallest absolute Gasteiger partial charge is 0.0558 e. The molecular formula is C11H15NO. The molecule has 0 unspecified atom stereocenters. The third-order valence-electron chi connectivity index (χ3n) is 3.03. The first kappa shape index (κ1) is 8.73. The highest BCUT2D eigenvalue weighted by Gasteiger charge is 2.43. The molecule has 1 aromatic rings. The maximum Gasteiger partial charge on any atom is 0.0558 e. The summed E-state index contributed by atoms with van der Waals surface area (Å²) in [5, 5.41) is 9.32. The summed E-state index contributed by atoms with van der Waals surface area (Å²) in [4.78, 5) is 0. The Balaban J connectivity index is 2.24. The maximum atomic E-state index is 9.32. The molecular weight excluding hydrogens is 162 g/mol. The lowest BCUT2D eigenvalue weighted by molar-refractivity contribution is 0.0222. The van der Waals surface area contributed by atoms with Gasteiger partial charge in [-0.05, 0) is 18.4 Å². The van der Waals surface area contributed by atoms with Crippen LogP contribution < -0.4 is 5.73 Å². The Morgan fingerprint density at radius 1 is 1.31 bits per heavy atom. The minimum Gasteiger partial charge on any atom is -0.393 e. The van der Waals surface area contributed by atoms with E-state index in [0.717, 1.165) is 12.8 Å². The largest absolute Gasteiger partial charge is 0.393 e. The van der Waals surface area contributed by atoms with E-state index in [1.54, 1.807) is 0 Å². The van der Waals surface area contributed by atoms with Crippen LogP contribution in [0.2, 0.25) is 0 Å². The SMILES string of the molecule is NCC1(c2ccccc2)CC(O)C1. The van der Waals surface area contributed by atoms with Crippen LogP contribution in [0.25, 0.3) is 0 Å². The summed E-state index contributed by atoms with van der Waals surface area (Å²) in [5.41, 5.74) is 7.07. The third-order valence-corrected chi connectivity index (χ3v) is 3.03. The van der Waals surface area contributed by atoms with E-state index in [9.17, 15) is 5.11 Å². The minimum atomic E-state index is -0.149. The molecule has 1 saturated carbocycles. The topological polar surface area (TPSA) is 46.2 Å². The van der Waals surface area contributed by atoms with Crippen molar-refractivity contribution in [3.8, 4) is 0 Å². The number of hydrogen-bond acceptors (Lipinski definition) is 2. The lowest BCUT2D eigenvalue weighted by atomic mass is 9.63. The molecule has 1 aromatic carbocycles. The zero-order valence-electron chi connectivity index (χ0n) is 7.61. The zero-order chi connectivity index (χ0) is 9.31. The van der Waals surface area contributed by atoms with Gasteiger partial charge in [-0.1, -0.05) is 30.3 Å². The molecule has 3 N–H and O–H groups in total. The van der Waals surface area contributed by atoms with E-state index in [1.165, 1.54) is 5.56 Å². The summed E-state index contributed by atoms with van der Waals surface area (Å²) in [6.45, 7) is 0.633. The van der Waals surface area contributed by atoms with Crippen LogP contribution in [0.15, 0.2) is 30.3 Å². The second-order valence-electron chi connectivity index (χ2n) is 3.91. The van der Waals surface area contributed by atoms with Crippen molar-refractivity contribution in [2.45, 2.75) is 24.4 Å². The summed E-state index contributed by atoms with van der Waals surface area (Å²) in [6, 6.07) is 10.2. The molecule has 2 nitrogen and oxygen atoms in total. The summed E-state index contributed by atoms with van der Waals surface area (Å²) >= 11 is 0. The van der Waals surface area contributed by atoms with Gasteiger partial charge in [0.05, 0.1) is 6.10 Å². The summed E-state index contributed by atoms with van der Waals surface area (Å²) in [7, 11) is 0. The Morgan fingerprint density at radius 2 is 1.92 bits per heavy atom. The van der Waals surface area contributed by atoms with Crippen LogP contribution in [0, 0.1) is 0 Å². The molecule has 13 heavy (non-hydrogen) atoms. The highest BCUT2D eigenvalue weighted by molar-refractivity contribution is 5.29. The first-order chi connectivity index (χ1) is 6.27. The van der Waals surface area contributed by atoms with Gasteiger partial charge in [-0.2, -0.15) is 0 Å². The van der Waals surface area contributed by atoms with Crippen molar-refractivity contribution in [3.63, 3.8) is 0 Å². The Hall–Kier alpha value is -0.860. The Morgan fingerprint density at radius 3 is 2.38 bits per heavy atom. The van der Waals surface area contributed by atoms with Crippen molar-refractivity contribution in [2.75, 3.05) is 6.54 Å². The molecule has 2 rings (SSSR count). The lowest BCUT2D eigenvalue weighted by Gasteiger charge is -2.45. The monoisotopic (exact) mass is 177 g/mol. The second-order valence-corrected chi connectivity index (χ2v) is 3.91. The number of aliphatic hydroxyl groups excluding tert-OH is 1. The molecule has 0 bridgehead atoms. The van der Waals surface area contributed by atoms with E-state index in [-0.39, 0.29) is 11.5 Å². The standard InChI is InChI=1S/C11H15NO/c12-8-11(6-10(13)7-11)9-4-2-1-3-5-9/h1-5,10,13H,6-8,12H2. The van der Waals surface area contributed by atoms with Crippen LogP contribution in [-0.4, -0.2) is 17.8 Å². The molecule has 0 amide bonds. The van der Waals surface area contributed by atoms with Gasteiger partial charge in [0.25, 0.3) is 0 Å². The van der Waals surface area contributed by atoms with Gasteiger partial charge in [0.15, 0.2) is 0 Å². The molecule has 0 heterocycles.